The van der Waals surface area contributed by atoms with E-state index in [1.165, 1.54) is 23.4 Å². The van der Waals surface area contributed by atoms with Crippen molar-refractivity contribution in [2.75, 3.05) is 6.61 Å². The fraction of sp³-hybridized carbons (Fsp3) is 0.333. The Balaban J connectivity index is 1.57. The van der Waals surface area contributed by atoms with Gasteiger partial charge in [0, 0.05) is 30.3 Å². The van der Waals surface area contributed by atoms with Crippen molar-refractivity contribution >= 4 is 11.8 Å². The van der Waals surface area contributed by atoms with Crippen LogP contribution in [0.2, 0.25) is 0 Å². The lowest BCUT2D eigenvalue weighted by atomic mass is 10.1. The highest BCUT2D eigenvalue weighted by molar-refractivity contribution is 7.98. The van der Waals surface area contributed by atoms with Gasteiger partial charge >= 0.3 is 0 Å². The number of rotatable bonds is 6. The molecule has 0 fully saturated rings. The summed E-state index contributed by atoms with van der Waals surface area (Å²) in [6.45, 7) is 4.65. The van der Waals surface area contributed by atoms with E-state index >= 15 is 0 Å². The van der Waals surface area contributed by atoms with Crippen LogP contribution in [0.15, 0.2) is 41.6 Å². The maximum Gasteiger partial charge on any atom is 0.191 e. The first kappa shape index (κ1) is 18.8. The monoisotopic (exact) mass is 399 g/mol. The van der Waals surface area contributed by atoms with Gasteiger partial charge in [-0.05, 0) is 38.1 Å². The van der Waals surface area contributed by atoms with Crippen LogP contribution in [0.1, 0.15) is 25.0 Å². The summed E-state index contributed by atoms with van der Waals surface area (Å²) in [5, 5.41) is 9.15. The van der Waals surface area contributed by atoms with E-state index in [2.05, 4.69) is 29.3 Å². The van der Waals surface area contributed by atoms with Gasteiger partial charge in [0.15, 0.2) is 11.0 Å². The number of hydrogen-bond donors (Lipinski definition) is 0. The summed E-state index contributed by atoms with van der Waals surface area (Å²) in [4.78, 5) is 0. The molecule has 0 radical (unpaired) electrons. The highest BCUT2D eigenvalue weighted by Crippen LogP contribution is 2.37. The van der Waals surface area contributed by atoms with E-state index in [9.17, 15) is 4.39 Å². The van der Waals surface area contributed by atoms with Gasteiger partial charge in [-0.1, -0.05) is 23.9 Å². The Bertz CT molecular complexity index is 1010. The molecule has 2 heterocycles. The Labute approximate surface area is 167 Å². The average molecular weight is 399 g/mol. The molecule has 0 aliphatic carbocycles. The van der Waals surface area contributed by atoms with Crippen LogP contribution in [0.5, 0.6) is 11.5 Å². The number of hydrogen-bond acceptors (Lipinski definition) is 5. The van der Waals surface area contributed by atoms with E-state index in [0.29, 0.717) is 23.7 Å². The molecule has 0 N–H and O–H groups in total. The zero-order chi connectivity index (χ0) is 19.7. The van der Waals surface area contributed by atoms with Crippen LogP contribution >= 0.6 is 11.8 Å². The van der Waals surface area contributed by atoms with Gasteiger partial charge in [-0.25, -0.2) is 4.39 Å². The normalized spacial score (nSPS) is 15.4. The van der Waals surface area contributed by atoms with Gasteiger partial charge in [0.2, 0.25) is 0 Å². The highest BCUT2D eigenvalue weighted by Gasteiger charge is 2.22. The quantitative estimate of drug-likeness (QED) is 0.566. The minimum atomic E-state index is -0.307. The van der Waals surface area contributed by atoms with Crippen molar-refractivity contribution in [2.24, 2.45) is 7.05 Å². The van der Waals surface area contributed by atoms with E-state index in [0.717, 1.165) is 28.6 Å². The van der Waals surface area contributed by atoms with Crippen LogP contribution in [0.4, 0.5) is 4.39 Å². The van der Waals surface area contributed by atoms with Crippen LogP contribution in [0, 0.1) is 5.82 Å². The van der Waals surface area contributed by atoms with Crippen molar-refractivity contribution in [3.63, 3.8) is 0 Å². The molecule has 3 aromatic rings. The molecule has 5 nitrogen and oxygen atoms in total. The lowest BCUT2D eigenvalue weighted by Gasteiger charge is -2.12. The molecule has 1 aromatic heterocycles. The molecule has 0 saturated carbocycles. The summed E-state index contributed by atoms with van der Waals surface area (Å²) in [5.41, 5.74) is 2.68. The first-order chi connectivity index (χ1) is 13.6. The van der Waals surface area contributed by atoms with Crippen molar-refractivity contribution < 1.29 is 13.9 Å². The molecule has 7 heteroatoms. The Hall–Kier alpha value is -2.54. The lowest BCUT2D eigenvalue weighted by Crippen LogP contribution is -2.05. The molecule has 2 aromatic carbocycles. The van der Waals surface area contributed by atoms with Crippen molar-refractivity contribution in [1.82, 2.24) is 14.8 Å². The minimum Gasteiger partial charge on any atom is -0.494 e. The van der Waals surface area contributed by atoms with Crippen LogP contribution in [-0.2, 0) is 19.2 Å². The minimum absolute atomic E-state index is 0.189. The molecule has 0 amide bonds. The summed E-state index contributed by atoms with van der Waals surface area (Å²) in [6, 6.07) is 10.7. The Kier molecular flexibility index (Phi) is 5.26. The summed E-state index contributed by atoms with van der Waals surface area (Å²) in [5.74, 6) is 2.66. The molecule has 0 bridgehead atoms. The van der Waals surface area contributed by atoms with Gasteiger partial charge in [0.25, 0.3) is 0 Å². The van der Waals surface area contributed by atoms with Crippen molar-refractivity contribution in [3.05, 3.63) is 53.3 Å². The Morgan fingerprint density at radius 2 is 2.11 bits per heavy atom. The van der Waals surface area contributed by atoms with Gasteiger partial charge in [0.1, 0.15) is 23.4 Å². The molecule has 4 rings (SSSR count). The maximum absolute atomic E-state index is 14.1. The van der Waals surface area contributed by atoms with Crippen molar-refractivity contribution in [1.29, 1.82) is 0 Å². The molecule has 1 atom stereocenters. The van der Waals surface area contributed by atoms with Gasteiger partial charge in [-0.15, -0.1) is 10.2 Å². The Morgan fingerprint density at radius 3 is 2.89 bits per heavy atom. The third-order valence-corrected chi connectivity index (χ3v) is 5.75. The van der Waals surface area contributed by atoms with Crippen molar-refractivity contribution in [2.45, 2.75) is 37.3 Å². The molecule has 0 spiro atoms. The fourth-order valence-corrected chi connectivity index (χ4v) is 4.23. The second-order valence-electron chi connectivity index (χ2n) is 6.77. The van der Waals surface area contributed by atoms with Crippen LogP contribution in [0.3, 0.4) is 0 Å². The molecule has 0 saturated heterocycles. The molecule has 1 unspecified atom stereocenters. The number of halogens is 1. The van der Waals surface area contributed by atoms with Crippen LogP contribution in [0.25, 0.3) is 11.4 Å². The average Bonchev–Trinajstić information content (AvgIpc) is 3.22. The number of fused-ring (bicyclic) bond motifs is 1. The number of nitrogens with zero attached hydrogens (tertiary/aromatic N) is 3. The van der Waals surface area contributed by atoms with E-state index in [-0.39, 0.29) is 11.9 Å². The van der Waals surface area contributed by atoms with Crippen LogP contribution in [-0.4, -0.2) is 27.5 Å². The molecule has 1 aliphatic rings. The number of thioether (sulfide) groups is 1. The van der Waals surface area contributed by atoms with Gasteiger partial charge in [-0.2, -0.15) is 0 Å². The van der Waals surface area contributed by atoms with E-state index in [4.69, 9.17) is 9.47 Å². The van der Waals surface area contributed by atoms with Gasteiger partial charge in [-0.3, -0.25) is 0 Å². The molecular formula is C21H22FN3O2S. The van der Waals surface area contributed by atoms with E-state index in [1.54, 1.807) is 18.2 Å². The Morgan fingerprint density at radius 1 is 1.29 bits per heavy atom. The number of ether oxygens (including phenoxy) is 2. The molecule has 1 aliphatic heterocycles. The number of aromatic nitrogens is 3. The largest absolute Gasteiger partial charge is 0.494 e. The van der Waals surface area contributed by atoms with E-state index in [1.807, 2.05) is 18.5 Å². The highest BCUT2D eigenvalue weighted by atomic mass is 32.2. The zero-order valence-electron chi connectivity index (χ0n) is 16.1. The topological polar surface area (TPSA) is 49.2 Å². The van der Waals surface area contributed by atoms with E-state index < -0.39 is 0 Å². The summed E-state index contributed by atoms with van der Waals surface area (Å²) < 4.78 is 27.6. The third kappa shape index (κ3) is 3.58. The summed E-state index contributed by atoms with van der Waals surface area (Å²) in [7, 11) is 1.85. The SMILES string of the molecule is CCOc1cc2c(cc1CSc1nnc(-c3ccccc3F)n1C)OC(C)C2. The fourth-order valence-electron chi connectivity index (χ4n) is 3.34. The molecule has 28 heavy (non-hydrogen) atoms. The van der Waals surface area contributed by atoms with Crippen molar-refractivity contribution in [3.8, 4) is 22.9 Å². The second-order valence-corrected chi connectivity index (χ2v) is 7.71. The smallest absolute Gasteiger partial charge is 0.191 e. The second kappa shape index (κ2) is 7.83. The first-order valence-corrected chi connectivity index (χ1v) is 10.3. The standard InChI is InChI=1S/C21H22FN3O2S/c1-4-26-18-10-14-9-13(2)27-19(14)11-15(18)12-28-21-24-23-20(25(21)3)16-7-5-6-8-17(16)22/h5-8,10-11,13H,4,9,12H2,1-3H3. The van der Waals surface area contributed by atoms with Gasteiger partial charge < -0.3 is 14.0 Å². The number of benzene rings is 2. The predicted octanol–water partition coefficient (Wildman–Crippen LogP) is 4.64. The van der Waals surface area contributed by atoms with Gasteiger partial charge in [0.05, 0.1) is 12.2 Å². The molecule has 146 valence electrons. The maximum atomic E-state index is 14.1. The first-order valence-electron chi connectivity index (χ1n) is 9.29. The molecular weight excluding hydrogens is 377 g/mol. The zero-order valence-corrected chi connectivity index (χ0v) is 16.9. The summed E-state index contributed by atoms with van der Waals surface area (Å²) in [6.07, 6.45) is 1.09. The van der Waals surface area contributed by atoms with Crippen LogP contribution < -0.4 is 9.47 Å². The summed E-state index contributed by atoms with van der Waals surface area (Å²) >= 11 is 1.54. The predicted molar refractivity (Wildman–Crippen MR) is 107 cm³/mol. The third-order valence-electron chi connectivity index (χ3n) is 4.69. The lowest BCUT2D eigenvalue weighted by molar-refractivity contribution is 0.254.